The molecule has 176 valence electrons. The molecule has 0 aromatic heterocycles. The zero-order chi connectivity index (χ0) is 23.8. The SMILES string of the molecule is CC.CC.CCCCN1CCCCC1.COC(C)=O.Cc1cccc(C)c1NC=O. The van der Waals surface area contributed by atoms with Gasteiger partial charge in [0.2, 0.25) is 6.41 Å². The minimum Gasteiger partial charge on any atom is -0.469 e. The molecule has 0 saturated carbocycles. The van der Waals surface area contributed by atoms with Crippen LogP contribution in [0.1, 0.15) is 84.8 Å². The first-order valence-electron chi connectivity index (χ1n) is 11.5. The average molecular weight is 425 g/mol. The molecule has 1 fully saturated rings. The molecule has 5 nitrogen and oxygen atoms in total. The lowest BCUT2D eigenvalue weighted by Crippen LogP contribution is -2.30. The van der Waals surface area contributed by atoms with E-state index in [2.05, 4.69) is 21.9 Å². The van der Waals surface area contributed by atoms with Gasteiger partial charge in [0, 0.05) is 12.6 Å². The summed E-state index contributed by atoms with van der Waals surface area (Å²) in [5, 5.41) is 2.66. The molecule has 0 radical (unpaired) electrons. The number of hydrogen-bond donors (Lipinski definition) is 1. The molecule has 0 atom stereocenters. The Bertz CT molecular complexity index is 493. The van der Waals surface area contributed by atoms with Crippen LogP contribution in [0.15, 0.2) is 18.2 Å². The number of hydrogen-bond acceptors (Lipinski definition) is 4. The molecule has 1 aromatic rings. The van der Waals surface area contributed by atoms with Gasteiger partial charge in [0.1, 0.15) is 0 Å². The number of para-hydroxylation sites is 1. The number of unbranched alkanes of at least 4 members (excludes halogenated alkanes) is 1. The van der Waals surface area contributed by atoms with Crippen molar-refractivity contribution in [3.8, 4) is 0 Å². The number of rotatable bonds is 5. The highest BCUT2D eigenvalue weighted by Gasteiger charge is 2.07. The molecule has 0 aliphatic carbocycles. The molecule has 1 heterocycles. The van der Waals surface area contributed by atoms with E-state index in [0.29, 0.717) is 6.41 Å². The highest BCUT2D eigenvalue weighted by atomic mass is 16.5. The number of benzene rings is 1. The Hall–Kier alpha value is -1.88. The standard InChI is InChI=1S/C9H11NO.C9H19N.C3H6O2.2C2H6/c1-7-4-3-5-8(2)9(7)10-6-11;1-2-3-7-10-8-5-4-6-9-10;1-3(4)5-2;2*1-2/h3-6H,1-2H3,(H,10,11);2-9H2,1H3;1-2H3;2*1-2H3. The van der Waals surface area contributed by atoms with Crippen molar-refractivity contribution in [1.29, 1.82) is 0 Å². The Morgan fingerprint density at radius 2 is 1.53 bits per heavy atom. The van der Waals surface area contributed by atoms with Gasteiger partial charge in [-0.2, -0.15) is 0 Å². The predicted molar refractivity (Wildman–Crippen MR) is 131 cm³/mol. The van der Waals surface area contributed by atoms with Crippen molar-refractivity contribution >= 4 is 18.1 Å². The van der Waals surface area contributed by atoms with Crippen LogP contribution >= 0.6 is 0 Å². The van der Waals surface area contributed by atoms with Crippen molar-refractivity contribution in [3.63, 3.8) is 0 Å². The van der Waals surface area contributed by atoms with E-state index in [4.69, 9.17) is 0 Å². The van der Waals surface area contributed by atoms with E-state index in [0.717, 1.165) is 16.8 Å². The highest BCUT2D eigenvalue weighted by molar-refractivity contribution is 5.75. The Labute approximate surface area is 186 Å². The highest BCUT2D eigenvalue weighted by Crippen LogP contribution is 2.17. The van der Waals surface area contributed by atoms with Gasteiger partial charge in [-0.15, -0.1) is 0 Å². The number of likely N-dealkylation sites (tertiary alicyclic amines) is 1. The van der Waals surface area contributed by atoms with E-state index in [-0.39, 0.29) is 5.97 Å². The quantitative estimate of drug-likeness (QED) is 0.440. The van der Waals surface area contributed by atoms with Crippen molar-refractivity contribution in [2.75, 3.05) is 32.1 Å². The zero-order valence-corrected chi connectivity index (χ0v) is 21.1. The third kappa shape index (κ3) is 19.4. The Morgan fingerprint density at radius 3 is 1.90 bits per heavy atom. The molecular weight excluding hydrogens is 376 g/mol. The number of carbonyl (C=O) groups is 2. The Morgan fingerprint density at radius 1 is 1.07 bits per heavy atom. The number of methoxy groups -OCH3 is 1. The summed E-state index contributed by atoms with van der Waals surface area (Å²) in [5.41, 5.74) is 3.11. The molecule has 0 unspecified atom stereocenters. The van der Waals surface area contributed by atoms with Crippen LogP contribution in [0.2, 0.25) is 0 Å². The van der Waals surface area contributed by atoms with Crippen molar-refractivity contribution in [2.24, 2.45) is 0 Å². The van der Waals surface area contributed by atoms with E-state index in [1.54, 1.807) is 0 Å². The summed E-state index contributed by atoms with van der Waals surface area (Å²) in [6.07, 6.45) is 7.77. The predicted octanol–water partition coefficient (Wildman–Crippen LogP) is 6.38. The van der Waals surface area contributed by atoms with Crippen LogP contribution in [0, 0.1) is 13.8 Å². The first kappa shape index (κ1) is 32.8. The maximum atomic E-state index is 10.2. The van der Waals surface area contributed by atoms with Crippen LogP contribution in [0.4, 0.5) is 5.69 Å². The molecule has 0 bridgehead atoms. The summed E-state index contributed by atoms with van der Waals surface area (Å²) in [6, 6.07) is 5.91. The van der Waals surface area contributed by atoms with Crippen LogP contribution in [0.25, 0.3) is 0 Å². The molecule has 1 aromatic carbocycles. The first-order chi connectivity index (χ1) is 14.5. The van der Waals surface area contributed by atoms with Gasteiger partial charge in [0.25, 0.3) is 0 Å². The summed E-state index contributed by atoms with van der Waals surface area (Å²) in [5.74, 6) is -0.245. The number of nitrogens with zero attached hydrogens (tertiary/aromatic N) is 1. The van der Waals surface area contributed by atoms with Gasteiger partial charge in [-0.1, -0.05) is 65.7 Å². The molecular formula is C25H48N2O3. The molecule has 5 heteroatoms. The van der Waals surface area contributed by atoms with Gasteiger partial charge in [-0.3, -0.25) is 9.59 Å². The van der Waals surface area contributed by atoms with Crippen molar-refractivity contribution in [1.82, 2.24) is 4.90 Å². The normalized spacial score (nSPS) is 12.0. The summed E-state index contributed by atoms with van der Waals surface area (Å²) >= 11 is 0. The average Bonchev–Trinajstić information content (AvgIpc) is 2.79. The fourth-order valence-electron chi connectivity index (χ4n) is 2.67. The lowest BCUT2D eigenvalue weighted by Gasteiger charge is -2.25. The lowest BCUT2D eigenvalue weighted by molar-refractivity contribution is -0.137. The summed E-state index contributed by atoms with van der Waals surface area (Å²) < 4.78 is 4.11. The smallest absolute Gasteiger partial charge is 0.302 e. The Kier molecular flexibility index (Phi) is 27.5. The van der Waals surface area contributed by atoms with E-state index >= 15 is 0 Å². The molecule has 1 N–H and O–H groups in total. The van der Waals surface area contributed by atoms with E-state index in [1.807, 2.05) is 59.7 Å². The topological polar surface area (TPSA) is 58.6 Å². The van der Waals surface area contributed by atoms with E-state index < -0.39 is 0 Å². The molecule has 1 aliphatic rings. The maximum Gasteiger partial charge on any atom is 0.302 e. The van der Waals surface area contributed by atoms with E-state index in [9.17, 15) is 9.59 Å². The van der Waals surface area contributed by atoms with Gasteiger partial charge in [-0.05, 0) is 63.9 Å². The minimum atomic E-state index is -0.245. The molecule has 0 spiro atoms. The number of ether oxygens (including phenoxy) is 1. The van der Waals surface area contributed by atoms with Gasteiger partial charge < -0.3 is 15.0 Å². The van der Waals surface area contributed by atoms with Crippen LogP contribution in [0.3, 0.4) is 0 Å². The fraction of sp³-hybridized carbons (Fsp3) is 0.680. The second-order valence-electron chi connectivity index (χ2n) is 6.48. The van der Waals surface area contributed by atoms with Crippen LogP contribution < -0.4 is 5.32 Å². The first-order valence-corrected chi connectivity index (χ1v) is 11.5. The third-order valence-electron chi connectivity index (χ3n) is 4.25. The van der Waals surface area contributed by atoms with Gasteiger partial charge in [-0.25, -0.2) is 0 Å². The maximum absolute atomic E-state index is 10.2. The molecule has 1 amide bonds. The van der Waals surface area contributed by atoms with Crippen LogP contribution in [-0.2, 0) is 14.3 Å². The lowest BCUT2D eigenvalue weighted by atomic mass is 10.1. The number of anilines is 1. The summed E-state index contributed by atoms with van der Waals surface area (Å²) in [6.45, 7) is 19.6. The monoisotopic (exact) mass is 424 g/mol. The number of amides is 1. The van der Waals surface area contributed by atoms with Crippen molar-refractivity contribution in [2.45, 2.75) is 87.5 Å². The van der Waals surface area contributed by atoms with Crippen LogP contribution in [0.5, 0.6) is 0 Å². The molecule has 2 rings (SSSR count). The van der Waals surface area contributed by atoms with Gasteiger partial charge >= 0.3 is 5.97 Å². The number of aryl methyl sites for hydroxylation is 2. The largest absolute Gasteiger partial charge is 0.469 e. The summed E-state index contributed by atoms with van der Waals surface area (Å²) in [4.78, 5) is 22.4. The van der Waals surface area contributed by atoms with Gasteiger partial charge in [0.15, 0.2) is 0 Å². The second kappa shape index (κ2) is 25.2. The van der Waals surface area contributed by atoms with Crippen molar-refractivity contribution in [3.05, 3.63) is 29.3 Å². The third-order valence-corrected chi connectivity index (χ3v) is 4.25. The Balaban J connectivity index is -0.000000354. The fourth-order valence-corrected chi connectivity index (χ4v) is 2.67. The number of carbonyl (C=O) groups excluding carboxylic acids is 2. The number of esters is 1. The van der Waals surface area contributed by atoms with Crippen molar-refractivity contribution < 1.29 is 14.3 Å². The zero-order valence-electron chi connectivity index (χ0n) is 21.1. The molecule has 1 saturated heterocycles. The molecule has 1 aliphatic heterocycles. The summed E-state index contributed by atoms with van der Waals surface area (Å²) in [7, 11) is 1.35. The molecule has 30 heavy (non-hydrogen) atoms. The minimum absolute atomic E-state index is 0.245. The number of nitrogens with one attached hydrogen (secondary N) is 1. The number of piperidine rings is 1. The van der Waals surface area contributed by atoms with Crippen LogP contribution in [-0.4, -0.2) is 44.0 Å². The van der Waals surface area contributed by atoms with E-state index in [1.165, 1.54) is 65.8 Å². The van der Waals surface area contributed by atoms with Gasteiger partial charge in [0.05, 0.1) is 7.11 Å². The second-order valence-corrected chi connectivity index (χ2v) is 6.48.